The van der Waals surface area contributed by atoms with E-state index in [0.717, 1.165) is 23.6 Å². The molecule has 116 valence electrons. The molecule has 1 aliphatic rings. The molecule has 0 aromatic heterocycles. The summed E-state index contributed by atoms with van der Waals surface area (Å²) in [4.78, 5) is 11.8. The molecule has 0 saturated heterocycles. The average molecular weight is 350 g/mol. The molecule has 1 aromatic rings. The van der Waals surface area contributed by atoms with Crippen LogP contribution in [0.25, 0.3) is 0 Å². The molecular formula is C14H17Cl2NO3S. The highest BCUT2D eigenvalue weighted by Gasteiger charge is 2.35. The first kappa shape index (κ1) is 16.6. The van der Waals surface area contributed by atoms with Crippen LogP contribution in [0, 0.1) is 0 Å². The van der Waals surface area contributed by atoms with Crippen LogP contribution in [-0.4, -0.2) is 24.7 Å². The van der Waals surface area contributed by atoms with Gasteiger partial charge in [-0.2, -0.15) is 0 Å². The van der Waals surface area contributed by atoms with Gasteiger partial charge < -0.3 is 0 Å². The van der Waals surface area contributed by atoms with E-state index in [9.17, 15) is 13.2 Å². The van der Waals surface area contributed by atoms with Crippen molar-refractivity contribution in [2.45, 2.75) is 50.0 Å². The zero-order valence-corrected chi connectivity index (χ0v) is 14.0. The predicted molar refractivity (Wildman–Crippen MR) is 83.0 cm³/mol. The number of sulfonamides is 1. The van der Waals surface area contributed by atoms with Crippen LogP contribution in [0.1, 0.15) is 39.0 Å². The lowest BCUT2D eigenvalue weighted by atomic mass is 9.95. The molecule has 0 spiro atoms. The standard InChI is InChI=1S/C14H17Cl2NO3S/c1-10(18)17(12-5-3-2-4-6-12)21(19,20)14-9-11(15)7-8-13(14)16/h7-9,12H,2-6H2,1H3. The first-order chi connectivity index (χ1) is 9.84. The zero-order chi connectivity index (χ0) is 15.6. The molecule has 0 heterocycles. The molecule has 2 rings (SSSR count). The molecule has 1 saturated carbocycles. The van der Waals surface area contributed by atoms with Gasteiger partial charge in [0.15, 0.2) is 0 Å². The van der Waals surface area contributed by atoms with E-state index < -0.39 is 15.9 Å². The monoisotopic (exact) mass is 349 g/mol. The van der Waals surface area contributed by atoms with Gasteiger partial charge in [-0.05, 0) is 31.0 Å². The number of hydrogen-bond acceptors (Lipinski definition) is 3. The highest BCUT2D eigenvalue weighted by atomic mass is 35.5. The van der Waals surface area contributed by atoms with Crippen LogP contribution in [0.5, 0.6) is 0 Å². The van der Waals surface area contributed by atoms with Crippen molar-refractivity contribution in [2.24, 2.45) is 0 Å². The number of amides is 1. The molecule has 1 aromatic carbocycles. The van der Waals surface area contributed by atoms with Gasteiger partial charge in [-0.25, -0.2) is 12.7 Å². The molecule has 4 nitrogen and oxygen atoms in total. The second-order valence-electron chi connectivity index (χ2n) is 5.19. The molecule has 0 unspecified atom stereocenters. The van der Waals surface area contributed by atoms with Crippen molar-refractivity contribution in [1.29, 1.82) is 0 Å². The van der Waals surface area contributed by atoms with E-state index in [1.165, 1.54) is 25.1 Å². The molecule has 0 bridgehead atoms. The van der Waals surface area contributed by atoms with Crippen molar-refractivity contribution in [3.05, 3.63) is 28.2 Å². The van der Waals surface area contributed by atoms with Crippen LogP contribution in [0.15, 0.2) is 23.1 Å². The number of nitrogens with zero attached hydrogens (tertiary/aromatic N) is 1. The quantitative estimate of drug-likeness (QED) is 0.832. The minimum absolute atomic E-state index is 0.0708. The first-order valence-corrected chi connectivity index (χ1v) is 9.03. The van der Waals surface area contributed by atoms with Crippen molar-refractivity contribution in [1.82, 2.24) is 4.31 Å². The maximum Gasteiger partial charge on any atom is 0.268 e. The summed E-state index contributed by atoms with van der Waals surface area (Å²) in [6, 6.07) is 3.94. The van der Waals surface area contributed by atoms with Crippen molar-refractivity contribution >= 4 is 39.1 Å². The Labute approximate surface area is 135 Å². The number of halogens is 2. The highest BCUT2D eigenvalue weighted by molar-refractivity contribution is 7.89. The fourth-order valence-corrected chi connectivity index (χ4v) is 5.11. The Morgan fingerprint density at radius 2 is 1.81 bits per heavy atom. The fraction of sp³-hybridized carbons (Fsp3) is 0.500. The van der Waals surface area contributed by atoms with E-state index in [1.807, 2.05) is 0 Å². The average Bonchev–Trinajstić information content (AvgIpc) is 2.42. The Bertz CT molecular complexity index is 640. The number of carbonyl (C=O) groups excluding carboxylic acids is 1. The zero-order valence-electron chi connectivity index (χ0n) is 11.7. The van der Waals surface area contributed by atoms with Crippen LogP contribution < -0.4 is 0 Å². The Morgan fingerprint density at radius 1 is 1.19 bits per heavy atom. The van der Waals surface area contributed by atoms with Crippen molar-refractivity contribution in [2.75, 3.05) is 0 Å². The van der Waals surface area contributed by atoms with Gasteiger partial charge in [0.1, 0.15) is 4.90 Å². The topological polar surface area (TPSA) is 54.5 Å². The molecule has 0 aliphatic heterocycles. The summed E-state index contributed by atoms with van der Waals surface area (Å²) in [6.45, 7) is 1.27. The molecule has 0 N–H and O–H groups in total. The van der Waals surface area contributed by atoms with Crippen molar-refractivity contribution < 1.29 is 13.2 Å². The van der Waals surface area contributed by atoms with Crippen LogP contribution >= 0.6 is 23.2 Å². The normalized spacial score (nSPS) is 16.7. The summed E-state index contributed by atoms with van der Waals surface area (Å²) in [5.41, 5.74) is 0. The smallest absolute Gasteiger partial charge is 0.268 e. The van der Waals surface area contributed by atoms with Crippen molar-refractivity contribution in [3.8, 4) is 0 Å². The van der Waals surface area contributed by atoms with Crippen molar-refractivity contribution in [3.63, 3.8) is 0 Å². The largest absolute Gasteiger partial charge is 0.274 e. The van der Waals surface area contributed by atoms with Gasteiger partial charge in [-0.3, -0.25) is 4.79 Å². The summed E-state index contributed by atoms with van der Waals surface area (Å²) < 4.78 is 26.6. The maximum absolute atomic E-state index is 12.8. The lowest BCUT2D eigenvalue weighted by molar-refractivity contribution is -0.126. The van der Waals surface area contributed by atoms with Crippen LogP contribution in [0.2, 0.25) is 10.0 Å². The SMILES string of the molecule is CC(=O)N(C1CCCCC1)S(=O)(=O)c1cc(Cl)ccc1Cl. The van der Waals surface area contributed by atoms with Gasteiger partial charge in [0.2, 0.25) is 5.91 Å². The lowest BCUT2D eigenvalue weighted by Crippen LogP contribution is -2.44. The van der Waals surface area contributed by atoms with E-state index in [-0.39, 0.29) is 21.0 Å². The molecule has 21 heavy (non-hydrogen) atoms. The van der Waals surface area contributed by atoms with E-state index in [1.54, 1.807) is 0 Å². The number of hydrogen-bond donors (Lipinski definition) is 0. The maximum atomic E-state index is 12.8. The molecule has 1 fully saturated rings. The number of rotatable bonds is 3. The molecular weight excluding hydrogens is 333 g/mol. The van der Waals surface area contributed by atoms with Crippen LogP contribution in [-0.2, 0) is 14.8 Å². The number of carbonyl (C=O) groups is 1. The molecule has 0 radical (unpaired) electrons. The van der Waals surface area contributed by atoms with Gasteiger partial charge in [-0.15, -0.1) is 0 Å². The number of benzene rings is 1. The Balaban J connectivity index is 2.47. The summed E-state index contributed by atoms with van der Waals surface area (Å²) in [5.74, 6) is -0.488. The first-order valence-electron chi connectivity index (χ1n) is 6.84. The third-order valence-corrected chi connectivity index (χ3v) is 6.29. The molecule has 7 heteroatoms. The Hall–Kier alpha value is -0.780. The second-order valence-corrected chi connectivity index (χ2v) is 7.81. The second kappa shape index (κ2) is 6.55. The van der Waals surface area contributed by atoms with Gasteiger partial charge >= 0.3 is 0 Å². The third kappa shape index (κ3) is 3.52. The summed E-state index contributed by atoms with van der Waals surface area (Å²) >= 11 is 11.9. The Kier molecular flexibility index (Phi) is 5.17. The summed E-state index contributed by atoms with van der Waals surface area (Å²) in [7, 11) is -3.99. The third-order valence-electron chi connectivity index (χ3n) is 3.65. The van der Waals surface area contributed by atoms with Crippen LogP contribution in [0.4, 0.5) is 0 Å². The van der Waals surface area contributed by atoms with Gasteiger partial charge in [0.25, 0.3) is 10.0 Å². The van der Waals surface area contributed by atoms with E-state index >= 15 is 0 Å². The minimum Gasteiger partial charge on any atom is -0.274 e. The Morgan fingerprint density at radius 3 is 2.38 bits per heavy atom. The van der Waals surface area contributed by atoms with Gasteiger partial charge in [0, 0.05) is 18.0 Å². The van der Waals surface area contributed by atoms with Crippen LogP contribution in [0.3, 0.4) is 0 Å². The van der Waals surface area contributed by atoms with Gasteiger partial charge in [0.05, 0.1) is 5.02 Å². The van der Waals surface area contributed by atoms with E-state index in [4.69, 9.17) is 23.2 Å². The summed E-state index contributed by atoms with van der Waals surface area (Å²) in [5, 5.41) is 0.339. The van der Waals surface area contributed by atoms with Gasteiger partial charge in [-0.1, -0.05) is 42.5 Å². The minimum atomic E-state index is -3.99. The molecule has 1 amide bonds. The highest BCUT2D eigenvalue weighted by Crippen LogP contribution is 2.32. The predicted octanol–water partition coefficient (Wildman–Crippen LogP) is 3.86. The fourth-order valence-electron chi connectivity index (χ4n) is 2.72. The summed E-state index contributed by atoms with van der Waals surface area (Å²) in [6.07, 6.45) is 4.30. The molecule has 0 atom stereocenters. The lowest BCUT2D eigenvalue weighted by Gasteiger charge is -2.32. The van der Waals surface area contributed by atoms with E-state index in [2.05, 4.69) is 0 Å². The molecule has 1 aliphatic carbocycles. The van der Waals surface area contributed by atoms with E-state index in [0.29, 0.717) is 12.8 Å².